The van der Waals surface area contributed by atoms with Gasteiger partial charge in [0, 0.05) is 11.9 Å². The monoisotopic (exact) mass is 430 g/mol. The summed E-state index contributed by atoms with van der Waals surface area (Å²) in [7, 11) is 0. The normalized spacial score (nSPS) is 18.5. The Morgan fingerprint density at radius 1 is 1.19 bits per heavy atom. The summed E-state index contributed by atoms with van der Waals surface area (Å²) in [6.45, 7) is 6.84. The number of para-hydroxylation sites is 1. The SMILES string of the molecule is CC1(C)c2cc(OCC(CN3CCCCC3)N=O)c#cc2C(=O)c2c1oc1ccccc21. The molecule has 164 valence electrons. The van der Waals surface area contributed by atoms with Crippen molar-refractivity contribution in [2.24, 2.45) is 5.18 Å². The smallest absolute Gasteiger partial charge is 0.205 e. The van der Waals surface area contributed by atoms with E-state index in [1.54, 1.807) is 0 Å². The van der Waals surface area contributed by atoms with Gasteiger partial charge in [-0.1, -0.05) is 35.9 Å². The van der Waals surface area contributed by atoms with Gasteiger partial charge in [-0.2, -0.15) is 4.91 Å². The predicted molar refractivity (Wildman–Crippen MR) is 121 cm³/mol. The van der Waals surface area contributed by atoms with Gasteiger partial charge in [-0.3, -0.25) is 4.79 Å². The zero-order chi connectivity index (χ0) is 22.3. The lowest BCUT2D eigenvalue weighted by Gasteiger charge is -2.30. The number of benzene rings is 1. The second kappa shape index (κ2) is 8.07. The number of nitrogens with zero attached hydrogens (tertiary/aromatic N) is 2. The van der Waals surface area contributed by atoms with E-state index in [0.29, 0.717) is 34.8 Å². The van der Waals surface area contributed by atoms with E-state index >= 15 is 0 Å². The number of carbonyl (C=O) groups is 1. The summed E-state index contributed by atoms with van der Waals surface area (Å²) >= 11 is 0. The molecule has 32 heavy (non-hydrogen) atoms. The van der Waals surface area contributed by atoms with Crippen molar-refractivity contribution < 1.29 is 13.9 Å². The molecule has 0 N–H and O–H groups in total. The molecule has 6 heteroatoms. The maximum Gasteiger partial charge on any atom is 0.205 e. The highest BCUT2D eigenvalue weighted by molar-refractivity contribution is 6.19. The zero-order valence-electron chi connectivity index (χ0n) is 18.4. The van der Waals surface area contributed by atoms with Crippen molar-refractivity contribution in [1.82, 2.24) is 4.90 Å². The van der Waals surface area contributed by atoms with Gasteiger partial charge in [0.15, 0.2) is 5.75 Å². The Morgan fingerprint density at radius 2 is 1.97 bits per heavy atom. The van der Waals surface area contributed by atoms with Crippen LogP contribution in [0.25, 0.3) is 11.0 Å². The van der Waals surface area contributed by atoms with Crippen LogP contribution >= 0.6 is 0 Å². The van der Waals surface area contributed by atoms with Crippen LogP contribution in [0.5, 0.6) is 5.75 Å². The van der Waals surface area contributed by atoms with Crippen LogP contribution in [0.2, 0.25) is 0 Å². The molecule has 1 aliphatic carbocycles. The molecule has 1 atom stereocenters. The zero-order valence-corrected chi connectivity index (χ0v) is 18.4. The number of fused-ring (bicyclic) bond motifs is 4. The van der Waals surface area contributed by atoms with Crippen molar-refractivity contribution in [1.29, 1.82) is 0 Å². The van der Waals surface area contributed by atoms with Gasteiger partial charge in [0.1, 0.15) is 24.0 Å². The van der Waals surface area contributed by atoms with Gasteiger partial charge in [0.2, 0.25) is 5.78 Å². The molecule has 0 spiro atoms. The van der Waals surface area contributed by atoms with Crippen LogP contribution in [0, 0.1) is 17.0 Å². The molecule has 0 amide bonds. The summed E-state index contributed by atoms with van der Waals surface area (Å²) in [6, 6.07) is 14.9. The molecule has 0 saturated carbocycles. The number of likely N-dealkylation sites (tertiary alicyclic amines) is 1. The van der Waals surface area contributed by atoms with Crippen LogP contribution in [0.4, 0.5) is 0 Å². The fourth-order valence-corrected chi connectivity index (χ4v) is 4.88. The molecule has 1 unspecified atom stereocenters. The van der Waals surface area contributed by atoms with Crippen molar-refractivity contribution in [3.63, 3.8) is 0 Å². The highest BCUT2D eigenvalue weighted by Gasteiger charge is 2.42. The summed E-state index contributed by atoms with van der Waals surface area (Å²) in [6.07, 6.45) is 3.56. The summed E-state index contributed by atoms with van der Waals surface area (Å²) in [5, 5.41) is 4.09. The number of rotatable bonds is 6. The van der Waals surface area contributed by atoms with E-state index in [4.69, 9.17) is 9.15 Å². The van der Waals surface area contributed by atoms with E-state index in [1.807, 2.05) is 44.2 Å². The van der Waals surface area contributed by atoms with Crippen LogP contribution in [0.15, 0.2) is 39.9 Å². The largest absolute Gasteiger partial charge is 0.483 e. The van der Waals surface area contributed by atoms with Crippen molar-refractivity contribution >= 4 is 16.8 Å². The molecule has 3 aromatic rings. The highest BCUT2D eigenvalue weighted by Crippen LogP contribution is 2.45. The summed E-state index contributed by atoms with van der Waals surface area (Å²) in [5.74, 6) is 0.996. The van der Waals surface area contributed by atoms with Gasteiger partial charge in [-0.25, -0.2) is 0 Å². The molecule has 0 bridgehead atoms. The maximum atomic E-state index is 13.3. The Hall–Kier alpha value is -3.17. The molecule has 2 heterocycles. The van der Waals surface area contributed by atoms with E-state index in [1.165, 1.54) is 6.42 Å². The van der Waals surface area contributed by atoms with Crippen molar-refractivity contribution in [3.8, 4) is 5.75 Å². The van der Waals surface area contributed by atoms with Gasteiger partial charge in [0.05, 0.1) is 16.5 Å². The first-order chi connectivity index (χ1) is 15.5. The topological polar surface area (TPSA) is 72.1 Å². The second-order valence-electron chi connectivity index (χ2n) is 9.24. The standard InChI is InChI=1S/C26H26N2O4/c1-26(2)21-14-18(31-16-17(27-30)15-28-12-6-3-7-13-28)10-11-19(21)24(29)23-20-8-4-5-9-22(20)32-25(23)26/h4-5,8-9,14,17H,3,6-7,12-13,15-16H2,1-2H3. The van der Waals surface area contributed by atoms with E-state index < -0.39 is 11.5 Å². The first kappa shape index (κ1) is 20.7. The van der Waals surface area contributed by atoms with Gasteiger partial charge >= 0.3 is 0 Å². The van der Waals surface area contributed by atoms with Gasteiger partial charge < -0.3 is 14.1 Å². The third-order valence-corrected chi connectivity index (χ3v) is 6.64. The molecular formula is C26H26N2O4. The quantitative estimate of drug-likeness (QED) is 0.520. The maximum absolute atomic E-state index is 13.3. The van der Waals surface area contributed by atoms with Crippen LogP contribution in [0.3, 0.4) is 0 Å². The minimum atomic E-state index is -0.544. The van der Waals surface area contributed by atoms with Crippen molar-refractivity contribution in [2.75, 3.05) is 26.2 Å². The number of ketones is 1. The minimum absolute atomic E-state index is 0.111. The molecule has 1 aromatic heterocycles. The van der Waals surface area contributed by atoms with Crippen LogP contribution in [-0.2, 0) is 5.41 Å². The number of ether oxygens (including phenoxy) is 1. The lowest BCUT2D eigenvalue weighted by molar-refractivity contribution is 0.102. The van der Waals surface area contributed by atoms with Crippen LogP contribution in [0.1, 0.15) is 60.4 Å². The fourth-order valence-electron chi connectivity index (χ4n) is 4.88. The molecule has 2 aliphatic rings. The second-order valence-corrected chi connectivity index (χ2v) is 9.24. The molecule has 5 rings (SSSR count). The third-order valence-electron chi connectivity index (χ3n) is 6.64. The number of nitroso groups, excluding NO2 is 1. The lowest BCUT2D eigenvalue weighted by Crippen LogP contribution is -2.37. The molecule has 0 radical (unpaired) electrons. The van der Waals surface area contributed by atoms with Crippen molar-refractivity contribution in [3.05, 3.63) is 69.8 Å². The molecule has 6 nitrogen and oxygen atoms in total. The molecule has 1 fully saturated rings. The van der Waals surface area contributed by atoms with Crippen LogP contribution in [-0.4, -0.2) is 43.0 Å². The highest BCUT2D eigenvalue weighted by atomic mass is 16.5. The number of furan rings is 1. The first-order valence-corrected chi connectivity index (χ1v) is 11.2. The number of carbonyl (C=O) groups excluding carboxylic acids is 1. The van der Waals surface area contributed by atoms with Crippen molar-refractivity contribution in [2.45, 2.75) is 44.6 Å². The minimum Gasteiger partial charge on any atom is -0.483 e. The average molecular weight is 431 g/mol. The Labute approximate surface area is 187 Å². The lowest BCUT2D eigenvalue weighted by atomic mass is 9.72. The van der Waals surface area contributed by atoms with Gasteiger partial charge in [-0.15, -0.1) is 0 Å². The van der Waals surface area contributed by atoms with Gasteiger partial charge in [0.25, 0.3) is 0 Å². The molecule has 2 aromatic carbocycles. The molecule has 1 saturated heterocycles. The number of hydrogen-bond donors (Lipinski definition) is 0. The summed E-state index contributed by atoms with van der Waals surface area (Å²) < 4.78 is 12.0. The van der Waals surface area contributed by atoms with E-state index in [9.17, 15) is 9.70 Å². The van der Waals surface area contributed by atoms with Crippen LogP contribution < -0.4 is 4.74 Å². The first-order valence-electron chi connectivity index (χ1n) is 11.2. The van der Waals surface area contributed by atoms with E-state index in [-0.39, 0.29) is 12.4 Å². The summed E-state index contributed by atoms with van der Waals surface area (Å²) in [4.78, 5) is 26.9. The molecule has 1 aliphatic heterocycles. The Kier molecular flexibility index (Phi) is 5.22. The number of hydrogen-bond acceptors (Lipinski definition) is 6. The summed E-state index contributed by atoms with van der Waals surface area (Å²) in [5.41, 5.74) is 2.03. The Balaban J connectivity index is 1.39. The Morgan fingerprint density at radius 3 is 2.75 bits per heavy atom. The predicted octanol–water partition coefficient (Wildman–Crippen LogP) is 4.90. The Bertz CT molecular complexity index is 1170. The van der Waals surface area contributed by atoms with E-state index in [2.05, 4.69) is 22.2 Å². The number of piperidine rings is 1. The third kappa shape index (κ3) is 3.47. The van der Waals surface area contributed by atoms with Gasteiger partial charge in [-0.05, 0) is 63.5 Å². The average Bonchev–Trinajstić information content (AvgIpc) is 3.22. The molecular weight excluding hydrogens is 404 g/mol. The fraction of sp³-hybridized carbons (Fsp3) is 0.423. The van der Waals surface area contributed by atoms with E-state index in [0.717, 1.165) is 36.9 Å².